The zero-order chi connectivity index (χ0) is 23.6. The van der Waals surface area contributed by atoms with Crippen LogP contribution in [0.15, 0.2) is 53.1 Å². The molecule has 1 aromatic heterocycles. The number of likely N-dealkylation sites (N-methyl/N-ethyl adjacent to an activating group) is 1. The van der Waals surface area contributed by atoms with E-state index in [9.17, 15) is 9.59 Å². The van der Waals surface area contributed by atoms with Crippen molar-refractivity contribution < 1.29 is 18.8 Å². The average Bonchev–Trinajstić information content (AvgIpc) is 3.31. The summed E-state index contributed by atoms with van der Waals surface area (Å²) in [6, 6.07) is 14.5. The Hall–Kier alpha value is -3.52. The fourth-order valence-electron chi connectivity index (χ4n) is 3.15. The van der Waals surface area contributed by atoms with E-state index in [0.717, 1.165) is 17.5 Å². The predicted octanol–water partition coefficient (Wildman–Crippen LogP) is 3.52. The molecule has 8 heteroatoms. The summed E-state index contributed by atoms with van der Waals surface area (Å²) < 4.78 is 10.6. The van der Waals surface area contributed by atoms with E-state index in [-0.39, 0.29) is 11.8 Å². The Morgan fingerprint density at radius 2 is 1.76 bits per heavy atom. The summed E-state index contributed by atoms with van der Waals surface area (Å²) in [7, 11) is 1.75. The van der Waals surface area contributed by atoms with Crippen molar-refractivity contribution in [3.05, 3.63) is 71.0 Å². The quantitative estimate of drug-likeness (QED) is 0.449. The lowest BCUT2D eigenvalue weighted by Crippen LogP contribution is -2.29. The van der Waals surface area contributed by atoms with Crippen LogP contribution in [0.5, 0.6) is 0 Å². The molecule has 0 aliphatic rings. The van der Waals surface area contributed by atoms with Crippen molar-refractivity contribution in [1.82, 2.24) is 20.4 Å². The van der Waals surface area contributed by atoms with Gasteiger partial charge in [-0.2, -0.15) is 4.98 Å². The molecule has 33 heavy (non-hydrogen) atoms. The number of nitrogens with one attached hydrogen (secondary N) is 1. The first kappa shape index (κ1) is 24.1. The van der Waals surface area contributed by atoms with Crippen LogP contribution in [-0.4, -0.2) is 60.2 Å². The van der Waals surface area contributed by atoms with Crippen molar-refractivity contribution in [2.24, 2.45) is 0 Å². The van der Waals surface area contributed by atoms with E-state index in [2.05, 4.69) is 15.5 Å². The standard InChI is InChI=1S/C25H30N4O4/c1-4-32-17-5-15-26-23(30)19-10-12-20(13-11-19)24-27-22(28-33-24)14-16-29(3)25(31)21-8-6-18(2)7-9-21/h6-13H,4-5,14-17H2,1-3H3,(H,26,30). The minimum Gasteiger partial charge on any atom is -0.382 e. The number of aryl methyl sites for hydroxylation is 1. The molecule has 1 N–H and O–H groups in total. The highest BCUT2D eigenvalue weighted by Crippen LogP contribution is 2.18. The van der Waals surface area contributed by atoms with Crippen LogP contribution in [0.2, 0.25) is 0 Å². The van der Waals surface area contributed by atoms with Gasteiger partial charge >= 0.3 is 0 Å². The van der Waals surface area contributed by atoms with E-state index in [1.54, 1.807) is 36.2 Å². The third-order valence-corrected chi connectivity index (χ3v) is 5.13. The first-order valence-electron chi connectivity index (χ1n) is 11.1. The molecule has 8 nitrogen and oxygen atoms in total. The number of ether oxygens (including phenoxy) is 1. The number of carbonyl (C=O) groups excluding carboxylic acids is 2. The molecule has 3 rings (SSSR count). The third kappa shape index (κ3) is 6.98. The minimum atomic E-state index is -0.134. The number of carbonyl (C=O) groups is 2. The van der Waals surface area contributed by atoms with Crippen LogP contribution in [0, 0.1) is 6.92 Å². The molecule has 0 unspecified atom stereocenters. The fourth-order valence-corrected chi connectivity index (χ4v) is 3.15. The Morgan fingerprint density at radius 1 is 1.06 bits per heavy atom. The Labute approximate surface area is 193 Å². The van der Waals surface area contributed by atoms with E-state index in [4.69, 9.17) is 9.26 Å². The number of hydrogen-bond donors (Lipinski definition) is 1. The second-order valence-electron chi connectivity index (χ2n) is 7.74. The molecule has 0 aliphatic heterocycles. The smallest absolute Gasteiger partial charge is 0.257 e. The molecule has 0 fully saturated rings. The van der Waals surface area contributed by atoms with Crippen LogP contribution in [0.1, 0.15) is 45.4 Å². The van der Waals surface area contributed by atoms with E-state index in [1.807, 2.05) is 38.1 Å². The Balaban J connectivity index is 1.50. The largest absolute Gasteiger partial charge is 0.382 e. The van der Waals surface area contributed by atoms with Gasteiger partial charge in [0.1, 0.15) is 0 Å². The molecule has 0 radical (unpaired) electrons. The lowest BCUT2D eigenvalue weighted by atomic mass is 10.1. The SMILES string of the molecule is CCOCCCNC(=O)c1ccc(-c2nc(CCN(C)C(=O)c3ccc(C)cc3)no2)cc1. The maximum atomic E-state index is 12.5. The second-order valence-corrected chi connectivity index (χ2v) is 7.74. The number of amides is 2. The molecule has 0 bridgehead atoms. The summed E-state index contributed by atoms with van der Waals surface area (Å²) in [5, 5.41) is 6.89. The molecule has 0 aliphatic carbocycles. The van der Waals surface area contributed by atoms with Crippen LogP contribution < -0.4 is 5.32 Å². The van der Waals surface area contributed by atoms with E-state index < -0.39 is 0 Å². The van der Waals surface area contributed by atoms with Gasteiger partial charge in [-0.1, -0.05) is 22.9 Å². The highest BCUT2D eigenvalue weighted by atomic mass is 16.5. The van der Waals surface area contributed by atoms with E-state index in [1.165, 1.54) is 0 Å². The van der Waals surface area contributed by atoms with E-state index in [0.29, 0.717) is 55.6 Å². The topological polar surface area (TPSA) is 97.6 Å². The zero-order valence-corrected chi connectivity index (χ0v) is 19.3. The van der Waals surface area contributed by atoms with Crippen LogP contribution in [0.25, 0.3) is 11.5 Å². The molecular weight excluding hydrogens is 420 g/mol. The molecule has 2 aromatic carbocycles. The van der Waals surface area contributed by atoms with Crippen molar-refractivity contribution in [2.75, 3.05) is 33.4 Å². The van der Waals surface area contributed by atoms with Crippen LogP contribution in [0.4, 0.5) is 0 Å². The van der Waals surface area contributed by atoms with Gasteiger partial charge in [-0.05, 0) is 56.7 Å². The Morgan fingerprint density at radius 3 is 2.45 bits per heavy atom. The normalized spacial score (nSPS) is 10.8. The predicted molar refractivity (Wildman–Crippen MR) is 125 cm³/mol. The maximum absolute atomic E-state index is 12.5. The van der Waals surface area contributed by atoms with Crippen molar-refractivity contribution >= 4 is 11.8 Å². The lowest BCUT2D eigenvalue weighted by molar-refractivity contribution is 0.0795. The molecule has 174 valence electrons. The fraction of sp³-hybridized carbons (Fsp3) is 0.360. The maximum Gasteiger partial charge on any atom is 0.257 e. The molecule has 0 spiro atoms. The molecular formula is C25H30N4O4. The Kier molecular flexibility index (Phi) is 8.71. The molecule has 2 amide bonds. The summed E-state index contributed by atoms with van der Waals surface area (Å²) in [5.41, 5.74) is 3.05. The van der Waals surface area contributed by atoms with Gasteiger partial charge in [0, 0.05) is 56.5 Å². The highest BCUT2D eigenvalue weighted by molar-refractivity contribution is 5.94. The minimum absolute atomic E-state index is 0.0505. The van der Waals surface area contributed by atoms with Gasteiger partial charge < -0.3 is 19.5 Å². The summed E-state index contributed by atoms with van der Waals surface area (Å²) in [4.78, 5) is 30.8. The van der Waals surface area contributed by atoms with Gasteiger partial charge in [0.2, 0.25) is 0 Å². The zero-order valence-electron chi connectivity index (χ0n) is 19.3. The number of aromatic nitrogens is 2. The number of hydrogen-bond acceptors (Lipinski definition) is 6. The first-order valence-corrected chi connectivity index (χ1v) is 11.1. The number of nitrogens with zero attached hydrogens (tertiary/aromatic N) is 3. The second kappa shape index (κ2) is 11.9. The summed E-state index contributed by atoms with van der Waals surface area (Å²) in [5.74, 6) is 0.710. The van der Waals surface area contributed by atoms with Gasteiger partial charge in [0.05, 0.1) is 0 Å². The average molecular weight is 451 g/mol. The van der Waals surface area contributed by atoms with Crippen LogP contribution >= 0.6 is 0 Å². The molecule has 0 saturated carbocycles. The summed E-state index contributed by atoms with van der Waals surface area (Å²) >= 11 is 0. The highest BCUT2D eigenvalue weighted by Gasteiger charge is 2.14. The Bertz CT molecular complexity index is 1050. The van der Waals surface area contributed by atoms with Gasteiger partial charge in [-0.25, -0.2) is 0 Å². The van der Waals surface area contributed by atoms with E-state index >= 15 is 0 Å². The van der Waals surface area contributed by atoms with Gasteiger partial charge in [0.25, 0.3) is 17.7 Å². The molecule has 1 heterocycles. The van der Waals surface area contributed by atoms with Crippen molar-refractivity contribution in [3.63, 3.8) is 0 Å². The summed E-state index contributed by atoms with van der Waals surface area (Å²) in [6.45, 7) is 6.26. The van der Waals surface area contributed by atoms with Gasteiger partial charge in [-0.3, -0.25) is 9.59 Å². The first-order chi connectivity index (χ1) is 16.0. The van der Waals surface area contributed by atoms with Crippen LogP contribution in [0.3, 0.4) is 0 Å². The van der Waals surface area contributed by atoms with Crippen LogP contribution in [-0.2, 0) is 11.2 Å². The van der Waals surface area contributed by atoms with Gasteiger partial charge in [-0.15, -0.1) is 0 Å². The monoisotopic (exact) mass is 450 g/mol. The van der Waals surface area contributed by atoms with Crippen molar-refractivity contribution in [1.29, 1.82) is 0 Å². The third-order valence-electron chi connectivity index (χ3n) is 5.13. The lowest BCUT2D eigenvalue weighted by Gasteiger charge is -2.16. The van der Waals surface area contributed by atoms with Crippen molar-refractivity contribution in [2.45, 2.75) is 26.7 Å². The van der Waals surface area contributed by atoms with Crippen molar-refractivity contribution in [3.8, 4) is 11.5 Å². The number of benzene rings is 2. The molecule has 0 atom stereocenters. The van der Waals surface area contributed by atoms with Gasteiger partial charge in [0.15, 0.2) is 5.82 Å². The summed E-state index contributed by atoms with van der Waals surface area (Å²) in [6.07, 6.45) is 1.24. The molecule has 3 aromatic rings. The number of rotatable bonds is 11. The molecule has 0 saturated heterocycles.